The van der Waals surface area contributed by atoms with Crippen molar-refractivity contribution in [3.8, 4) is 44.5 Å². The maximum Gasteiger partial charge on any atom is 0.0726 e. The van der Waals surface area contributed by atoms with Crippen LogP contribution in [0.2, 0.25) is 0 Å². The fraction of sp³-hybridized carbons (Fsp3) is 0.333. The Bertz CT molecular complexity index is 3480. The van der Waals surface area contributed by atoms with Gasteiger partial charge >= 0.3 is 0 Å². The molecule has 8 aromatic carbocycles. The quantitative estimate of drug-likeness (QED) is 0.161. The van der Waals surface area contributed by atoms with E-state index in [4.69, 9.17) is 0 Å². The summed E-state index contributed by atoms with van der Waals surface area (Å²) in [7, 11) is 0. The monoisotopic (exact) mass is 944 g/mol. The van der Waals surface area contributed by atoms with Crippen LogP contribution in [0.25, 0.3) is 44.5 Å². The number of benzene rings is 8. The number of rotatable bonds is 6. The van der Waals surface area contributed by atoms with Gasteiger partial charge in [-0.15, -0.1) is 0 Å². The van der Waals surface area contributed by atoms with Crippen LogP contribution < -0.4 is 4.90 Å². The summed E-state index contributed by atoms with van der Waals surface area (Å²) in [6.07, 6.45) is 17.1. The van der Waals surface area contributed by atoms with E-state index in [0.717, 1.165) is 35.5 Å². The third-order valence-electron chi connectivity index (χ3n) is 21.8. The molecule has 1 heteroatoms. The second-order valence-electron chi connectivity index (χ2n) is 26.1. The highest BCUT2D eigenvalue weighted by Gasteiger charge is 2.57. The van der Waals surface area contributed by atoms with Gasteiger partial charge in [0.25, 0.3) is 0 Å². The van der Waals surface area contributed by atoms with E-state index in [1.807, 2.05) is 0 Å². The SMILES string of the molecule is CC1(C)c2ccccc2-c2ccc(N(c3ccc4c(c3)C3(c5ccccc5-4)c4cc(C56CC7CC(CC(C7)C5)C6)ccc4-c4ccc(C56CC7CC(CC(C7)C5)C6)cc43)c3ccccc3-c3ccccc3)cc21. The van der Waals surface area contributed by atoms with Crippen molar-refractivity contribution in [2.75, 3.05) is 4.90 Å². The van der Waals surface area contributed by atoms with Gasteiger partial charge in [0, 0.05) is 22.4 Å². The minimum Gasteiger partial charge on any atom is -0.310 e. The number of fused-ring (bicyclic) bond motifs is 13. The Kier molecular flexibility index (Phi) is 8.42. The van der Waals surface area contributed by atoms with Gasteiger partial charge in [-0.05, 0) is 237 Å². The van der Waals surface area contributed by atoms with E-state index in [9.17, 15) is 0 Å². The molecule has 8 fully saturated rings. The molecule has 8 saturated carbocycles. The third kappa shape index (κ3) is 5.65. The molecule has 0 heterocycles. The fourth-order valence-corrected chi connectivity index (χ4v) is 19.7. The molecule has 73 heavy (non-hydrogen) atoms. The Morgan fingerprint density at radius 3 is 1.25 bits per heavy atom. The standard InChI is InChI=1S/C72H65N/c1-69(2)62-17-9-6-15-56(62)58-26-22-53(36-64(58)69)73(68-19-11-8-14-55(68)50-12-4-3-5-13-50)54-23-27-61-57-16-7-10-18-63(57)72(67(61)37-54)65-34-51(70-38-44-28-45(39-70)30-46(29-44)40-70)20-24-59(65)60-25-21-52(35-66(60)72)71-41-47-31-48(42-71)33-49(32-47)43-71/h3-27,34-37,44-49H,28-33,38-43H2,1-2H3. The van der Waals surface area contributed by atoms with Gasteiger partial charge in [-0.1, -0.05) is 159 Å². The van der Waals surface area contributed by atoms with Gasteiger partial charge in [0.1, 0.15) is 0 Å². The number of para-hydroxylation sites is 1. The van der Waals surface area contributed by atoms with Crippen LogP contribution in [0.15, 0.2) is 176 Å². The lowest BCUT2D eigenvalue weighted by atomic mass is 9.48. The van der Waals surface area contributed by atoms with Crippen molar-refractivity contribution >= 4 is 17.1 Å². The van der Waals surface area contributed by atoms with Gasteiger partial charge in [-0.25, -0.2) is 0 Å². The summed E-state index contributed by atoms with van der Waals surface area (Å²) in [6, 6.07) is 70.1. The lowest BCUT2D eigenvalue weighted by Gasteiger charge is -2.57. The molecule has 0 unspecified atom stereocenters. The Morgan fingerprint density at radius 1 is 0.329 bits per heavy atom. The highest BCUT2D eigenvalue weighted by molar-refractivity contribution is 5.98. The molecule has 0 saturated heterocycles. The molecule has 8 aromatic rings. The molecule has 0 radical (unpaired) electrons. The first-order valence-electron chi connectivity index (χ1n) is 28.5. The van der Waals surface area contributed by atoms with Crippen LogP contribution in [0.3, 0.4) is 0 Å². The van der Waals surface area contributed by atoms with Crippen molar-refractivity contribution in [1.29, 1.82) is 0 Å². The van der Waals surface area contributed by atoms with Crippen molar-refractivity contribution < 1.29 is 0 Å². The molecule has 1 spiro atoms. The van der Waals surface area contributed by atoms with Crippen LogP contribution >= 0.6 is 0 Å². The molecule has 0 aliphatic heterocycles. The lowest BCUT2D eigenvalue weighted by Crippen LogP contribution is -2.48. The molecule has 1 nitrogen and oxygen atoms in total. The highest BCUT2D eigenvalue weighted by Crippen LogP contribution is 2.68. The topological polar surface area (TPSA) is 3.24 Å². The van der Waals surface area contributed by atoms with E-state index >= 15 is 0 Å². The molecule has 19 rings (SSSR count). The van der Waals surface area contributed by atoms with Crippen LogP contribution in [0.1, 0.15) is 135 Å². The Morgan fingerprint density at radius 2 is 0.712 bits per heavy atom. The van der Waals surface area contributed by atoms with Crippen molar-refractivity contribution in [2.45, 2.75) is 113 Å². The van der Waals surface area contributed by atoms with Gasteiger partial charge in [-0.2, -0.15) is 0 Å². The normalized spacial score (nSPS) is 30.2. The first kappa shape index (κ1) is 42.0. The number of hydrogen-bond donors (Lipinski definition) is 0. The van der Waals surface area contributed by atoms with E-state index < -0.39 is 5.41 Å². The minimum absolute atomic E-state index is 0.129. The fourth-order valence-electron chi connectivity index (χ4n) is 19.7. The Balaban J connectivity index is 0.922. The van der Waals surface area contributed by atoms with E-state index in [0.29, 0.717) is 10.8 Å². The molecule has 358 valence electrons. The van der Waals surface area contributed by atoms with E-state index in [2.05, 4.69) is 195 Å². The molecular weight excluding hydrogens is 879 g/mol. The largest absolute Gasteiger partial charge is 0.310 e. The zero-order chi connectivity index (χ0) is 48.0. The van der Waals surface area contributed by atoms with Gasteiger partial charge in [0.2, 0.25) is 0 Å². The average molecular weight is 944 g/mol. The molecule has 0 atom stereocenters. The first-order valence-corrected chi connectivity index (χ1v) is 28.5. The van der Waals surface area contributed by atoms with Crippen molar-refractivity contribution in [3.05, 3.63) is 220 Å². The summed E-state index contributed by atoms with van der Waals surface area (Å²) in [6.45, 7) is 4.84. The zero-order valence-corrected chi connectivity index (χ0v) is 42.6. The van der Waals surface area contributed by atoms with Gasteiger partial charge in [0.15, 0.2) is 0 Å². The number of anilines is 3. The second-order valence-corrected chi connectivity index (χ2v) is 26.1. The predicted octanol–water partition coefficient (Wildman–Crippen LogP) is 18.4. The van der Waals surface area contributed by atoms with E-state index in [1.165, 1.54) is 172 Å². The van der Waals surface area contributed by atoms with Crippen LogP contribution in [0.5, 0.6) is 0 Å². The summed E-state index contributed by atoms with van der Waals surface area (Å²) in [5.74, 6) is 5.38. The first-order chi connectivity index (χ1) is 35.7. The second kappa shape index (κ2) is 14.7. The number of hydrogen-bond acceptors (Lipinski definition) is 1. The van der Waals surface area contributed by atoms with Crippen LogP contribution in [-0.2, 0) is 21.7 Å². The average Bonchev–Trinajstić information content (AvgIpc) is 3.96. The van der Waals surface area contributed by atoms with Gasteiger partial charge in [0.05, 0.1) is 11.1 Å². The zero-order valence-electron chi connectivity index (χ0n) is 42.6. The molecule has 11 aliphatic carbocycles. The molecule has 0 amide bonds. The van der Waals surface area contributed by atoms with Crippen molar-refractivity contribution in [1.82, 2.24) is 0 Å². The summed E-state index contributed by atoms with van der Waals surface area (Å²) < 4.78 is 0. The molecule has 0 aromatic heterocycles. The minimum atomic E-state index is -0.449. The van der Waals surface area contributed by atoms with E-state index in [-0.39, 0.29) is 5.41 Å². The summed E-state index contributed by atoms with van der Waals surface area (Å²) in [5, 5.41) is 0. The van der Waals surface area contributed by atoms with Crippen LogP contribution in [0, 0.1) is 35.5 Å². The van der Waals surface area contributed by atoms with Gasteiger partial charge < -0.3 is 4.90 Å². The lowest BCUT2D eigenvalue weighted by molar-refractivity contribution is -0.00530. The van der Waals surface area contributed by atoms with Crippen LogP contribution in [0.4, 0.5) is 17.1 Å². The summed E-state index contributed by atoms with van der Waals surface area (Å²) >= 11 is 0. The summed E-state index contributed by atoms with van der Waals surface area (Å²) in [5.41, 5.74) is 26.6. The maximum atomic E-state index is 2.83. The van der Waals surface area contributed by atoms with Crippen molar-refractivity contribution in [2.24, 2.45) is 35.5 Å². The summed E-state index contributed by atoms with van der Waals surface area (Å²) in [4.78, 5) is 2.62. The van der Waals surface area contributed by atoms with Crippen molar-refractivity contribution in [3.63, 3.8) is 0 Å². The predicted molar refractivity (Wildman–Crippen MR) is 300 cm³/mol. The highest BCUT2D eigenvalue weighted by atomic mass is 15.1. The van der Waals surface area contributed by atoms with Gasteiger partial charge in [-0.3, -0.25) is 0 Å². The Labute approximate surface area is 432 Å². The molecule has 8 bridgehead atoms. The molecule has 11 aliphatic rings. The smallest absolute Gasteiger partial charge is 0.0726 e. The van der Waals surface area contributed by atoms with E-state index in [1.54, 1.807) is 11.1 Å². The third-order valence-corrected chi connectivity index (χ3v) is 21.8. The molecular formula is C72H65N. The number of nitrogens with zero attached hydrogens (tertiary/aromatic N) is 1. The maximum absolute atomic E-state index is 2.83. The van der Waals surface area contributed by atoms with Crippen LogP contribution in [-0.4, -0.2) is 0 Å². The molecule has 0 N–H and O–H groups in total. The Hall–Kier alpha value is -6.44.